The Bertz CT molecular complexity index is 314. The maximum atomic E-state index is 4.58. The Balaban J connectivity index is 2.40. The van der Waals surface area contributed by atoms with Gasteiger partial charge in [0.25, 0.3) is 0 Å². The van der Waals surface area contributed by atoms with Crippen molar-refractivity contribution in [1.82, 2.24) is 4.98 Å². The molecule has 1 heterocycles. The average molecular weight is 250 g/mol. The van der Waals surface area contributed by atoms with Gasteiger partial charge in [-0.15, -0.1) is 0 Å². The predicted molar refractivity (Wildman–Crippen MR) is 59.3 cm³/mol. The summed E-state index contributed by atoms with van der Waals surface area (Å²) < 4.78 is 0.782. The van der Waals surface area contributed by atoms with Gasteiger partial charge < -0.3 is 12.9 Å². The van der Waals surface area contributed by atoms with Crippen molar-refractivity contribution in [3.8, 4) is 0 Å². The monoisotopic (exact) mass is 249 g/mol. The van der Waals surface area contributed by atoms with E-state index in [0.29, 0.717) is 0 Å². The lowest BCUT2D eigenvalue weighted by Gasteiger charge is -2.23. The van der Waals surface area contributed by atoms with E-state index in [1.54, 1.807) is 0 Å². The number of fused-ring (bicyclic) bond motifs is 1. The van der Waals surface area contributed by atoms with Gasteiger partial charge in [0.05, 0.1) is 0 Å². The highest BCUT2D eigenvalue weighted by Gasteiger charge is 2.21. The first-order chi connectivity index (χ1) is 6.31. The van der Waals surface area contributed by atoms with Crippen LogP contribution in [0.1, 0.15) is 33.7 Å². The summed E-state index contributed by atoms with van der Waals surface area (Å²) >= 11 is 3.60. The molecule has 0 fully saturated rings. The predicted octanol–water partition coefficient (Wildman–Crippen LogP) is 2.78. The number of hydrogen-bond donors (Lipinski definition) is 0. The molecule has 0 bridgehead atoms. The highest BCUT2D eigenvalue weighted by molar-refractivity contribution is 9.23. The molecule has 0 spiro atoms. The molecular formula is C10H12BrMgN. The first kappa shape index (κ1) is 9.93. The highest BCUT2D eigenvalue weighted by Crippen LogP contribution is 2.30. The zero-order valence-corrected chi connectivity index (χ0v) is 10.9. The van der Waals surface area contributed by atoms with Crippen molar-refractivity contribution >= 4 is 31.1 Å². The lowest BCUT2D eigenvalue weighted by atomic mass is 9.94. The van der Waals surface area contributed by atoms with E-state index in [2.05, 4.69) is 30.9 Å². The third-order valence-electron chi connectivity index (χ3n) is 2.71. The molecule has 1 atom stereocenters. The quantitative estimate of drug-likeness (QED) is 0.699. The minimum absolute atomic E-state index is 0.103. The summed E-state index contributed by atoms with van der Waals surface area (Å²) in [5.41, 5.74) is 4.19. The molecule has 1 aromatic rings. The Morgan fingerprint density at radius 3 is 3.23 bits per heavy atom. The van der Waals surface area contributed by atoms with Gasteiger partial charge in [0.15, 0.2) is 0 Å². The fourth-order valence-electron chi connectivity index (χ4n) is 2.03. The van der Waals surface area contributed by atoms with E-state index in [4.69, 9.17) is 0 Å². The summed E-state index contributed by atoms with van der Waals surface area (Å²) in [6, 6.07) is 2.31. The molecule has 1 unspecified atom stereocenters. The number of pyridine rings is 1. The molecule has 13 heavy (non-hydrogen) atoms. The van der Waals surface area contributed by atoms with Crippen LogP contribution in [-0.4, -0.2) is 23.2 Å². The number of hydrogen-bond acceptors (Lipinski definition) is 1. The van der Waals surface area contributed by atoms with Gasteiger partial charge in [-0.3, -0.25) is 4.98 Å². The van der Waals surface area contributed by atoms with E-state index in [0.717, 1.165) is 4.05 Å². The van der Waals surface area contributed by atoms with Crippen LogP contribution in [-0.2, 0) is 6.42 Å². The molecule has 66 valence electrons. The summed E-state index contributed by atoms with van der Waals surface area (Å²) in [6.45, 7) is 2.13. The second-order valence-electron chi connectivity index (χ2n) is 3.80. The van der Waals surface area contributed by atoms with Crippen molar-refractivity contribution in [3.63, 3.8) is 0 Å². The summed E-state index contributed by atoms with van der Waals surface area (Å²) in [6.07, 6.45) is 5.94. The van der Waals surface area contributed by atoms with Crippen molar-refractivity contribution in [1.29, 1.82) is 0 Å². The summed E-state index contributed by atoms with van der Waals surface area (Å²) in [4.78, 5) is 4.58. The average Bonchev–Trinajstić information content (AvgIpc) is 2.16. The van der Waals surface area contributed by atoms with Gasteiger partial charge in [-0.25, -0.2) is 0 Å². The maximum absolute atomic E-state index is 4.58. The fourth-order valence-corrected chi connectivity index (χ4v) is 4.88. The van der Waals surface area contributed by atoms with Gasteiger partial charge in [-0.05, 0) is 24.5 Å². The van der Waals surface area contributed by atoms with Crippen LogP contribution in [0.4, 0.5) is 0 Å². The molecule has 3 heteroatoms. The lowest BCUT2D eigenvalue weighted by molar-refractivity contribution is 0.647. The number of rotatable bonds is 1. The van der Waals surface area contributed by atoms with Crippen molar-refractivity contribution < 1.29 is 0 Å². The Labute approximate surface area is 94.9 Å². The van der Waals surface area contributed by atoms with Crippen LogP contribution in [0, 0.1) is 6.92 Å². The lowest BCUT2D eigenvalue weighted by Crippen LogP contribution is -2.14. The van der Waals surface area contributed by atoms with E-state index in [9.17, 15) is 0 Å². The molecule has 1 aliphatic carbocycles. The molecule has 1 aliphatic rings. The van der Waals surface area contributed by atoms with E-state index < -0.39 is 0 Å². The van der Waals surface area contributed by atoms with E-state index in [1.807, 2.05) is 6.20 Å². The van der Waals surface area contributed by atoms with E-state index in [1.165, 1.54) is 36.1 Å². The molecule has 0 N–H and O–H groups in total. The summed E-state index contributed by atoms with van der Waals surface area (Å²) in [7, 11) is 0. The second kappa shape index (κ2) is 4.28. The molecule has 1 aromatic heterocycles. The van der Waals surface area contributed by atoms with Crippen molar-refractivity contribution in [2.24, 2.45) is 0 Å². The third-order valence-corrected chi connectivity index (χ3v) is 6.22. The zero-order chi connectivity index (χ0) is 9.26. The third kappa shape index (κ3) is 2.08. The Morgan fingerprint density at radius 2 is 2.46 bits per heavy atom. The smallest absolute Gasteiger partial charge is 0.306 e. The van der Waals surface area contributed by atoms with Crippen LogP contribution < -0.4 is 0 Å². The van der Waals surface area contributed by atoms with Gasteiger partial charge in [-0.2, -0.15) is 0 Å². The van der Waals surface area contributed by atoms with Crippen molar-refractivity contribution in [2.75, 3.05) is 0 Å². The summed E-state index contributed by atoms with van der Waals surface area (Å²) in [5.74, 6) is 0. The molecular weight excluding hydrogens is 238 g/mol. The number of nitrogens with zero attached hydrogens (tertiary/aromatic N) is 1. The van der Waals surface area contributed by atoms with Crippen LogP contribution in [0.15, 0.2) is 12.3 Å². The highest BCUT2D eigenvalue weighted by atomic mass is 79.9. The summed E-state index contributed by atoms with van der Waals surface area (Å²) in [5, 5.41) is 0. The van der Waals surface area contributed by atoms with Crippen LogP contribution in [0.25, 0.3) is 0 Å². The van der Waals surface area contributed by atoms with Crippen LogP contribution in [0.5, 0.6) is 0 Å². The van der Waals surface area contributed by atoms with Gasteiger partial charge in [-0.1, -0.05) is 23.0 Å². The topological polar surface area (TPSA) is 12.9 Å². The molecule has 0 aliphatic heterocycles. The van der Waals surface area contributed by atoms with Crippen molar-refractivity contribution in [2.45, 2.75) is 30.2 Å². The standard InChI is InChI=1S/C10H12N.BrH.Mg/c1-8-6-9-4-2-3-5-10(9)11-7-8;;/h5-7H,2-4H2,1H3;1H;/q;;+1/p-1. The number of halogens is 1. The largest absolute Gasteiger partial charge is 0.479 e. The van der Waals surface area contributed by atoms with E-state index >= 15 is 0 Å². The normalized spacial score (nSPS) is 20.6. The Hall–Kier alpha value is 0.396. The molecule has 2 rings (SSSR count). The number of aromatic nitrogens is 1. The minimum Gasteiger partial charge on any atom is -0.306 e. The molecule has 0 radical (unpaired) electrons. The second-order valence-corrected chi connectivity index (χ2v) is 7.04. The van der Waals surface area contributed by atoms with Crippen molar-refractivity contribution in [3.05, 3.63) is 29.1 Å². The van der Waals surface area contributed by atoms with Gasteiger partial charge in [0, 0.05) is 11.9 Å². The Kier molecular flexibility index (Phi) is 3.27. The molecule has 1 nitrogen and oxygen atoms in total. The molecule has 0 amide bonds. The Morgan fingerprint density at radius 1 is 1.62 bits per heavy atom. The molecule has 0 saturated carbocycles. The molecule has 0 saturated heterocycles. The minimum atomic E-state index is -0.103. The SMILES string of the molecule is Cc1cnc2c(c1)CCC[CH]2[Mg][Br]. The molecule has 0 aromatic carbocycles. The number of aryl methyl sites for hydroxylation is 2. The fraction of sp³-hybridized carbons (Fsp3) is 0.500. The first-order valence-corrected chi connectivity index (χ1v) is 9.54. The maximum Gasteiger partial charge on any atom is 0.479 e. The first-order valence-electron chi connectivity index (χ1n) is 4.82. The van der Waals surface area contributed by atoms with Crippen LogP contribution in [0.2, 0.25) is 0 Å². The zero-order valence-electron chi connectivity index (χ0n) is 7.89. The van der Waals surface area contributed by atoms with Gasteiger partial charge in [0.1, 0.15) is 0 Å². The van der Waals surface area contributed by atoms with Crippen LogP contribution in [0.3, 0.4) is 0 Å². The van der Waals surface area contributed by atoms with Gasteiger partial charge in [0.2, 0.25) is 0 Å². The van der Waals surface area contributed by atoms with E-state index in [-0.39, 0.29) is 18.2 Å². The van der Waals surface area contributed by atoms with Crippen LogP contribution >= 0.6 is 12.9 Å². The van der Waals surface area contributed by atoms with Gasteiger partial charge >= 0.3 is 18.2 Å².